The van der Waals surface area contributed by atoms with Crippen LogP contribution in [0.15, 0.2) is 42.0 Å². The molecule has 1 amide bonds. The topological polar surface area (TPSA) is 98.3 Å². The zero-order chi connectivity index (χ0) is 25.5. The van der Waals surface area contributed by atoms with Gasteiger partial charge in [-0.25, -0.2) is 4.79 Å². The number of rotatable bonds is 15. The Labute approximate surface area is 209 Å². The first kappa shape index (κ1) is 28.7. The van der Waals surface area contributed by atoms with Crippen molar-refractivity contribution < 1.29 is 28.8 Å². The molecular weight excluding hydrogens is 448 g/mol. The highest BCUT2D eigenvalue weighted by atomic mass is 16.6. The van der Waals surface area contributed by atoms with Crippen molar-refractivity contribution in [3.8, 4) is 5.75 Å². The molecule has 0 radical (unpaired) electrons. The van der Waals surface area contributed by atoms with Crippen LogP contribution in [0.3, 0.4) is 0 Å². The minimum Gasteiger partial charge on any atom is -0.489 e. The van der Waals surface area contributed by atoms with E-state index >= 15 is 0 Å². The van der Waals surface area contributed by atoms with Crippen molar-refractivity contribution in [2.75, 3.05) is 51.5 Å². The number of anilines is 1. The fraction of sp³-hybridized carbons (Fsp3) is 0.593. The van der Waals surface area contributed by atoms with Gasteiger partial charge in [0, 0.05) is 19.2 Å². The summed E-state index contributed by atoms with van der Waals surface area (Å²) in [5.74, 6) is 0.800. The van der Waals surface area contributed by atoms with Gasteiger partial charge in [-0.2, -0.15) is 0 Å². The van der Waals surface area contributed by atoms with E-state index in [2.05, 4.69) is 47.9 Å². The number of hydrogen-bond donors (Lipinski definition) is 3. The minimum atomic E-state index is -0.509. The van der Waals surface area contributed by atoms with Crippen molar-refractivity contribution in [2.45, 2.75) is 58.6 Å². The van der Waals surface area contributed by atoms with Crippen LogP contribution in [0.1, 0.15) is 46.1 Å². The number of hydrogen-bond acceptors (Lipinski definition) is 7. The second kappa shape index (κ2) is 15.4. The molecule has 0 aromatic heterocycles. The molecule has 1 atom stereocenters. The molecule has 0 saturated carbocycles. The molecule has 35 heavy (non-hydrogen) atoms. The molecule has 0 bridgehead atoms. The predicted octanol–water partition coefficient (Wildman–Crippen LogP) is 4.23. The highest BCUT2D eigenvalue weighted by Crippen LogP contribution is 2.28. The SMILES string of the molecule is CCc1ccc(OCCOCCOCCNC(=O)OC(C)(C)C)c(NC2C=CC(CCO)=CC2)c1. The Morgan fingerprint density at radius 2 is 1.86 bits per heavy atom. The zero-order valence-corrected chi connectivity index (χ0v) is 21.6. The van der Waals surface area contributed by atoms with Gasteiger partial charge in [0.15, 0.2) is 0 Å². The lowest BCUT2D eigenvalue weighted by molar-refractivity contribution is 0.0328. The lowest BCUT2D eigenvalue weighted by atomic mass is 10.0. The molecule has 0 saturated heterocycles. The van der Waals surface area contributed by atoms with Crippen LogP contribution in [-0.4, -0.2) is 69.0 Å². The molecule has 1 aliphatic rings. The normalized spacial score (nSPS) is 15.5. The molecule has 0 spiro atoms. The van der Waals surface area contributed by atoms with Gasteiger partial charge < -0.3 is 34.7 Å². The molecule has 1 aromatic rings. The highest BCUT2D eigenvalue weighted by Gasteiger charge is 2.15. The number of amides is 1. The molecule has 0 heterocycles. The van der Waals surface area contributed by atoms with Crippen LogP contribution in [0.4, 0.5) is 10.5 Å². The van der Waals surface area contributed by atoms with E-state index < -0.39 is 11.7 Å². The summed E-state index contributed by atoms with van der Waals surface area (Å²) in [6, 6.07) is 6.40. The minimum absolute atomic E-state index is 0.171. The summed E-state index contributed by atoms with van der Waals surface area (Å²) in [5, 5.41) is 15.3. The van der Waals surface area contributed by atoms with E-state index in [4.69, 9.17) is 24.1 Å². The van der Waals surface area contributed by atoms with E-state index in [9.17, 15) is 4.79 Å². The van der Waals surface area contributed by atoms with E-state index in [-0.39, 0.29) is 12.6 Å². The number of aliphatic hydroxyl groups is 1. The molecule has 2 rings (SSSR count). The average molecular weight is 491 g/mol. The predicted molar refractivity (Wildman–Crippen MR) is 138 cm³/mol. The zero-order valence-electron chi connectivity index (χ0n) is 21.6. The summed E-state index contributed by atoms with van der Waals surface area (Å²) in [6.45, 7) is 10.3. The number of carbonyl (C=O) groups is 1. The van der Waals surface area contributed by atoms with Gasteiger partial charge >= 0.3 is 6.09 Å². The largest absolute Gasteiger partial charge is 0.489 e. The third-order valence-corrected chi connectivity index (χ3v) is 5.14. The molecule has 1 aromatic carbocycles. The van der Waals surface area contributed by atoms with Crippen molar-refractivity contribution in [1.82, 2.24) is 5.32 Å². The third-order valence-electron chi connectivity index (χ3n) is 5.14. The second-order valence-corrected chi connectivity index (χ2v) is 9.28. The summed E-state index contributed by atoms with van der Waals surface area (Å²) in [7, 11) is 0. The van der Waals surface area contributed by atoms with Crippen molar-refractivity contribution in [3.63, 3.8) is 0 Å². The molecule has 1 aliphatic carbocycles. The van der Waals surface area contributed by atoms with Crippen LogP contribution < -0.4 is 15.4 Å². The Kier molecular flexibility index (Phi) is 12.7. The van der Waals surface area contributed by atoms with Crippen LogP contribution in [0.2, 0.25) is 0 Å². The van der Waals surface area contributed by atoms with Crippen molar-refractivity contribution in [3.05, 3.63) is 47.6 Å². The van der Waals surface area contributed by atoms with Crippen LogP contribution in [-0.2, 0) is 20.6 Å². The first-order valence-corrected chi connectivity index (χ1v) is 12.4. The first-order chi connectivity index (χ1) is 16.8. The number of alkyl carbamates (subject to hydrolysis) is 1. The number of carbonyl (C=O) groups excluding carboxylic acids is 1. The van der Waals surface area contributed by atoms with Gasteiger partial charge in [-0.1, -0.05) is 31.2 Å². The Hall–Kier alpha value is -2.55. The van der Waals surface area contributed by atoms with Crippen LogP contribution in [0, 0.1) is 0 Å². The maximum atomic E-state index is 11.5. The van der Waals surface area contributed by atoms with Crippen molar-refractivity contribution >= 4 is 11.8 Å². The summed E-state index contributed by atoms with van der Waals surface area (Å²) in [6.07, 6.45) is 8.45. The molecule has 196 valence electrons. The average Bonchev–Trinajstić information content (AvgIpc) is 2.81. The number of benzene rings is 1. The van der Waals surface area contributed by atoms with Crippen LogP contribution in [0.25, 0.3) is 0 Å². The Morgan fingerprint density at radius 3 is 2.51 bits per heavy atom. The number of ether oxygens (including phenoxy) is 4. The van der Waals surface area contributed by atoms with Gasteiger partial charge in [0.2, 0.25) is 0 Å². The first-order valence-electron chi connectivity index (χ1n) is 12.4. The Morgan fingerprint density at radius 1 is 1.11 bits per heavy atom. The highest BCUT2D eigenvalue weighted by molar-refractivity contribution is 5.67. The van der Waals surface area contributed by atoms with Crippen molar-refractivity contribution in [2.24, 2.45) is 0 Å². The van der Waals surface area contributed by atoms with Gasteiger partial charge in [0.25, 0.3) is 0 Å². The molecule has 0 aliphatic heterocycles. The lowest BCUT2D eigenvalue weighted by Gasteiger charge is -2.21. The summed E-state index contributed by atoms with van der Waals surface area (Å²) >= 11 is 0. The van der Waals surface area contributed by atoms with Gasteiger partial charge in [0.1, 0.15) is 18.0 Å². The van der Waals surface area contributed by atoms with E-state index in [0.29, 0.717) is 46.0 Å². The molecule has 8 nitrogen and oxygen atoms in total. The van der Waals surface area contributed by atoms with E-state index in [1.807, 2.05) is 26.8 Å². The van der Waals surface area contributed by atoms with E-state index in [1.165, 1.54) is 11.1 Å². The molecule has 0 fully saturated rings. The Bertz CT molecular complexity index is 831. The van der Waals surface area contributed by atoms with Gasteiger partial charge in [-0.05, 0) is 63.3 Å². The maximum absolute atomic E-state index is 11.5. The van der Waals surface area contributed by atoms with Gasteiger partial charge in [-0.15, -0.1) is 0 Å². The number of allylic oxidation sites excluding steroid dienone is 1. The molecule has 3 N–H and O–H groups in total. The van der Waals surface area contributed by atoms with Crippen LogP contribution in [0.5, 0.6) is 5.75 Å². The molecule has 1 unspecified atom stereocenters. The Balaban J connectivity index is 1.64. The number of aryl methyl sites for hydroxylation is 1. The fourth-order valence-electron chi connectivity index (χ4n) is 3.39. The molecule has 8 heteroatoms. The fourth-order valence-corrected chi connectivity index (χ4v) is 3.39. The quantitative estimate of drug-likeness (QED) is 0.316. The molecular formula is C27H42N2O6. The summed E-state index contributed by atoms with van der Waals surface area (Å²) in [5.41, 5.74) is 2.87. The summed E-state index contributed by atoms with van der Waals surface area (Å²) in [4.78, 5) is 11.5. The van der Waals surface area contributed by atoms with E-state index in [1.54, 1.807) is 0 Å². The maximum Gasteiger partial charge on any atom is 0.407 e. The lowest BCUT2D eigenvalue weighted by Crippen LogP contribution is -2.34. The van der Waals surface area contributed by atoms with E-state index in [0.717, 1.165) is 24.3 Å². The monoisotopic (exact) mass is 490 g/mol. The standard InChI is InChI=1S/C27H42N2O6/c1-5-21-8-11-25(24(20-21)29-23-9-6-22(7-10-23)12-14-30)34-19-18-33-17-16-32-15-13-28-26(31)35-27(2,3)4/h6-9,11,20,23,29-30H,5,10,12-19H2,1-4H3,(H,28,31). The van der Waals surface area contributed by atoms with Gasteiger partial charge in [-0.3, -0.25) is 0 Å². The smallest absolute Gasteiger partial charge is 0.407 e. The third kappa shape index (κ3) is 12.1. The van der Waals surface area contributed by atoms with Crippen LogP contribution >= 0.6 is 0 Å². The summed E-state index contributed by atoms with van der Waals surface area (Å²) < 4.78 is 22.2. The second-order valence-electron chi connectivity index (χ2n) is 9.28. The van der Waals surface area contributed by atoms with Crippen molar-refractivity contribution in [1.29, 1.82) is 0 Å². The van der Waals surface area contributed by atoms with Gasteiger partial charge in [0.05, 0.1) is 32.1 Å². The number of nitrogens with one attached hydrogen (secondary N) is 2. The number of aliphatic hydroxyl groups excluding tert-OH is 1.